The van der Waals surface area contributed by atoms with Crippen LogP contribution in [-0.2, 0) is 0 Å². The zero-order valence-electron chi connectivity index (χ0n) is 8.18. The van der Waals surface area contributed by atoms with E-state index in [2.05, 4.69) is 11.8 Å². The van der Waals surface area contributed by atoms with Gasteiger partial charge in [-0.25, -0.2) is 0 Å². The maximum atomic E-state index is 9.07. The Balaban J connectivity index is 2.66. The topological polar surface area (TPSA) is 40.5 Å². The molecule has 15 heavy (non-hydrogen) atoms. The van der Waals surface area contributed by atoms with Crippen LogP contribution in [0.1, 0.15) is 0 Å². The zero-order chi connectivity index (χ0) is 10.9. The van der Waals surface area contributed by atoms with Crippen molar-refractivity contribution < 1.29 is 10.2 Å². The van der Waals surface area contributed by atoms with Crippen LogP contribution in [0.3, 0.4) is 0 Å². The molecule has 78 valence electrons. The number of hydrogen-bond donors (Lipinski definition) is 2. The van der Waals surface area contributed by atoms with Crippen molar-refractivity contribution in [3.05, 3.63) is 41.3 Å². The summed E-state index contributed by atoms with van der Waals surface area (Å²) in [5.41, 5.74) is 0. The molecule has 2 N–H and O–H groups in total. The molecule has 0 spiro atoms. The van der Waals surface area contributed by atoms with E-state index in [1.165, 1.54) is 11.8 Å². The van der Waals surface area contributed by atoms with Gasteiger partial charge in [0.1, 0.15) is 6.61 Å². The average molecular weight is 220 g/mol. The Labute approximate surface area is 93.6 Å². The third kappa shape index (κ3) is 4.71. The summed E-state index contributed by atoms with van der Waals surface area (Å²) in [5, 5.41) is 17.5. The van der Waals surface area contributed by atoms with Crippen molar-refractivity contribution in [3.63, 3.8) is 0 Å². The number of aliphatic hydroxyl groups excluding tert-OH is 2. The van der Waals surface area contributed by atoms with Crippen LogP contribution in [0.15, 0.2) is 46.2 Å². The Kier molecular flexibility index (Phi) is 5.64. The number of thioether (sulfide) groups is 1. The summed E-state index contributed by atoms with van der Waals surface area (Å²) >= 11 is 1.47. The minimum absolute atomic E-state index is 0.0420. The van der Waals surface area contributed by atoms with Crippen molar-refractivity contribution in [2.45, 2.75) is 4.90 Å². The Bertz CT molecular complexity index is 374. The first-order valence-corrected chi connectivity index (χ1v) is 5.30. The monoisotopic (exact) mass is 220 g/mol. The molecule has 1 rings (SSSR count). The van der Waals surface area contributed by atoms with Gasteiger partial charge in [0.25, 0.3) is 0 Å². The SMILES string of the molecule is OCC#C/C=C(/CO)Sc1ccccc1. The number of benzene rings is 1. The minimum atomic E-state index is -0.161. The fraction of sp³-hybridized carbons (Fsp3) is 0.167. The molecule has 1 aromatic rings. The molecule has 0 bridgehead atoms. The first-order chi connectivity index (χ1) is 7.36. The highest BCUT2D eigenvalue weighted by molar-refractivity contribution is 8.03. The first-order valence-electron chi connectivity index (χ1n) is 4.49. The highest BCUT2D eigenvalue weighted by Gasteiger charge is 1.97. The van der Waals surface area contributed by atoms with Gasteiger partial charge in [-0.05, 0) is 12.1 Å². The maximum Gasteiger partial charge on any atom is 0.104 e. The summed E-state index contributed by atoms with van der Waals surface area (Å²) < 4.78 is 0. The summed E-state index contributed by atoms with van der Waals surface area (Å²) in [6, 6.07) is 9.76. The second-order valence-corrected chi connectivity index (χ2v) is 3.86. The largest absolute Gasteiger partial charge is 0.391 e. The van der Waals surface area contributed by atoms with Gasteiger partial charge >= 0.3 is 0 Å². The highest BCUT2D eigenvalue weighted by Crippen LogP contribution is 2.25. The van der Waals surface area contributed by atoms with Crippen molar-refractivity contribution >= 4 is 11.8 Å². The van der Waals surface area contributed by atoms with E-state index >= 15 is 0 Å². The van der Waals surface area contributed by atoms with Crippen LogP contribution >= 0.6 is 11.8 Å². The molecule has 1 aromatic carbocycles. The van der Waals surface area contributed by atoms with Gasteiger partial charge in [0.05, 0.1) is 6.61 Å². The van der Waals surface area contributed by atoms with E-state index in [-0.39, 0.29) is 13.2 Å². The van der Waals surface area contributed by atoms with Crippen LogP contribution in [0.25, 0.3) is 0 Å². The van der Waals surface area contributed by atoms with E-state index in [4.69, 9.17) is 10.2 Å². The van der Waals surface area contributed by atoms with Crippen LogP contribution in [0, 0.1) is 11.8 Å². The van der Waals surface area contributed by atoms with Gasteiger partial charge in [0.2, 0.25) is 0 Å². The quantitative estimate of drug-likeness (QED) is 0.601. The first kappa shape index (κ1) is 11.9. The number of aliphatic hydroxyl groups is 2. The molecule has 0 saturated heterocycles. The molecule has 0 amide bonds. The van der Waals surface area contributed by atoms with E-state index in [9.17, 15) is 0 Å². The molecule has 0 aromatic heterocycles. The van der Waals surface area contributed by atoms with Gasteiger partial charge in [-0.2, -0.15) is 0 Å². The number of hydrogen-bond acceptors (Lipinski definition) is 3. The van der Waals surface area contributed by atoms with Crippen LogP contribution in [0.5, 0.6) is 0 Å². The predicted octanol–water partition coefficient (Wildman–Crippen LogP) is 1.65. The summed E-state index contributed by atoms with van der Waals surface area (Å²) in [6.07, 6.45) is 1.62. The van der Waals surface area contributed by atoms with Crippen LogP contribution in [0.4, 0.5) is 0 Å². The van der Waals surface area contributed by atoms with E-state index in [0.717, 1.165) is 9.80 Å². The van der Waals surface area contributed by atoms with Gasteiger partial charge < -0.3 is 10.2 Å². The van der Waals surface area contributed by atoms with Gasteiger partial charge in [-0.3, -0.25) is 0 Å². The van der Waals surface area contributed by atoms with Gasteiger partial charge in [-0.15, -0.1) is 0 Å². The zero-order valence-corrected chi connectivity index (χ0v) is 9.00. The maximum absolute atomic E-state index is 9.07. The summed E-state index contributed by atoms with van der Waals surface area (Å²) in [7, 11) is 0. The van der Waals surface area contributed by atoms with Crippen molar-refractivity contribution in [3.8, 4) is 11.8 Å². The lowest BCUT2D eigenvalue weighted by Gasteiger charge is -2.01. The molecule has 0 unspecified atom stereocenters. The summed E-state index contributed by atoms with van der Waals surface area (Å²) in [5.74, 6) is 5.17. The molecule has 0 aliphatic carbocycles. The Morgan fingerprint density at radius 1 is 1.27 bits per heavy atom. The molecule has 3 heteroatoms. The van der Waals surface area contributed by atoms with Crippen LogP contribution < -0.4 is 0 Å². The third-order valence-electron chi connectivity index (χ3n) is 1.56. The molecule has 0 fully saturated rings. The van der Waals surface area contributed by atoms with Crippen molar-refractivity contribution in [2.24, 2.45) is 0 Å². The van der Waals surface area contributed by atoms with Gasteiger partial charge in [-0.1, -0.05) is 41.8 Å². The van der Waals surface area contributed by atoms with Crippen molar-refractivity contribution in [1.82, 2.24) is 0 Å². The smallest absolute Gasteiger partial charge is 0.104 e. The summed E-state index contributed by atoms with van der Waals surface area (Å²) in [4.78, 5) is 1.82. The highest BCUT2D eigenvalue weighted by atomic mass is 32.2. The normalized spacial score (nSPS) is 10.7. The molecular formula is C12H12O2S. The fourth-order valence-electron chi connectivity index (χ4n) is 0.924. The second kappa shape index (κ2) is 7.13. The number of allylic oxidation sites excluding steroid dienone is 1. The Hall–Kier alpha value is -1.21. The molecule has 0 aliphatic heterocycles. The molecule has 0 radical (unpaired) electrons. The van der Waals surface area contributed by atoms with Crippen LogP contribution in [-0.4, -0.2) is 23.4 Å². The minimum Gasteiger partial charge on any atom is -0.391 e. The van der Waals surface area contributed by atoms with E-state index < -0.39 is 0 Å². The third-order valence-corrected chi connectivity index (χ3v) is 2.58. The van der Waals surface area contributed by atoms with E-state index in [0.29, 0.717) is 0 Å². The molecule has 0 heterocycles. The fourth-order valence-corrected chi connectivity index (χ4v) is 1.70. The Morgan fingerprint density at radius 3 is 2.60 bits per heavy atom. The number of rotatable bonds is 3. The lowest BCUT2D eigenvalue weighted by Crippen LogP contribution is -1.84. The van der Waals surface area contributed by atoms with Crippen LogP contribution in [0.2, 0.25) is 0 Å². The molecule has 2 nitrogen and oxygen atoms in total. The van der Waals surface area contributed by atoms with Gasteiger partial charge in [0.15, 0.2) is 0 Å². The molecule has 0 atom stereocenters. The predicted molar refractivity (Wildman–Crippen MR) is 62.3 cm³/mol. The molecular weight excluding hydrogens is 208 g/mol. The molecule has 0 aliphatic rings. The lowest BCUT2D eigenvalue weighted by molar-refractivity contribution is 0.339. The standard InChI is InChI=1S/C12H12O2S/c13-9-5-4-8-12(10-14)15-11-6-2-1-3-7-11/h1-3,6-8,13-14H,9-10H2/b12-8-. The molecule has 0 saturated carbocycles. The Morgan fingerprint density at radius 2 is 2.00 bits per heavy atom. The van der Waals surface area contributed by atoms with E-state index in [1.54, 1.807) is 6.08 Å². The van der Waals surface area contributed by atoms with Crippen molar-refractivity contribution in [1.29, 1.82) is 0 Å². The lowest BCUT2D eigenvalue weighted by atomic mass is 10.4. The van der Waals surface area contributed by atoms with Gasteiger partial charge in [0, 0.05) is 15.9 Å². The van der Waals surface area contributed by atoms with Crippen molar-refractivity contribution in [2.75, 3.05) is 13.2 Å². The second-order valence-electron chi connectivity index (χ2n) is 2.66. The van der Waals surface area contributed by atoms with E-state index in [1.807, 2.05) is 30.3 Å². The average Bonchev–Trinajstić information content (AvgIpc) is 2.29. The summed E-state index contributed by atoms with van der Waals surface area (Å²) in [6.45, 7) is -0.203.